The van der Waals surface area contributed by atoms with Crippen LogP contribution in [0.25, 0.3) is 16.7 Å². The van der Waals surface area contributed by atoms with Crippen LogP contribution < -0.4 is 0 Å². The van der Waals surface area contributed by atoms with E-state index in [1.165, 1.54) is 34.2 Å². The lowest BCUT2D eigenvalue weighted by molar-refractivity contribution is 0.00150. The molecule has 1 aromatic carbocycles. The molecular formula is C26H30FN5O4. The number of hydrogen-bond donors (Lipinski definition) is 0. The van der Waals surface area contributed by atoms with Gasteiger partial charge in [-0.3, -0.25) is 14.2 Å². The Morgan fingerprint density at radius 3 is 2.47 bits per heavy atom. The molecule has 0 aliphatic carbocycles. The fraction of sp³-hybridized carbons (Fsp3) is 0.423. The molecule has 0 spiro atoms. The van der Waals surface area contributed by atoms with Gasteiger partial charge in [0.15, 0.2) is 11.4 Å². The van der Waals surface area contributed by atoms with Gasteiger partial charge in [0.2, 0.25) is 0 Å². The molecule has 1 saturated heterocycles. The van der Waals surface area contributed by atoms with E-state index in [2.05, 4.69) is 10.2 Å². The smallest absolute Gasteiger partial charge is 0.410 e. The number of rotatable bonds is 5. The van der Waals surface area contributed by atoms with Crippen LogP contribution in [0.15, 0.2) is 36.7 Å². The van der Waals surface area contributed by atoms with Crippen LogP contribution in [-0.4, -0.2) is 74.1 Å². The van der Waals surface area contributed by atoms with E-state index in [1.54, 1.807) is 44.6 Å². The summed E-state index contributed by atoms with van der Waals surface area (Å²) < 4.78 is 21.2. The molecule has 190 valence electrons. The molecular weight excluding hydrogens is 465 g/mol. The molecule has 9 nitrogen and oxygen atoms in total. The largest absolute Gasteiger partial charge is 0.444 e. The standard InChI is InChI=1S/C26H30FN5O4/c1-15(2)30(6)24(34)19-11-17(27)7-8-21(19)32-14-20(18-9-10-28-29-23(18)32)22(33)16-12-31(13-16)25(35)36-26(3,4)5/h7-11,14-16H,12-13H2,1-6H3. The van der Waals surface area contributed by atoms with E-state index < -0.39 is 23.4 Å². The van der Waals surface area contributed by atoms with Crippen molar-refractivity contribution in [2.45, 2.75) is 46.3 Å². The van der Waals surface area contributed by atoms with E-state index >= 15 is 0 Å². The Kier molecular flexibility index (Phi) is 6.55. The molecule has 1 fully saturated rings. The van der Waals surface area contributed by atoms with Gasteiger partial charge in [0, 0.05) is 43.3 Å². The first-order valence-corrected chi connectivity index (χ1v) is 11.8. The van der Waals surface area contributed by atoms with Gasteiger partial charge in [-0.2, -0.15) is 5.10 Å². The lowest BCUT2D eigenvalue weighted by atomic mass is 9.91. The van der Waals surface area contributed by atoms with Gasteiger partial charge in [-0.1, -0.05) is 0 Å². The van der Waals surface area contributed by atoms with Crippen molar-refractivity contribution in [3.8, 4) is 5.69 Å². The third kappa shape index (κ3) is 4.80. The van der Waals surface area contributed by atoms with E-state index in [1.807, 2.05) is 13.8 Å². The minimum absolute atomic E-state index is 0.0986. The quantitative estimate of drug-likeness (QED) is 0.495. The van der Waals surface area contributed by atoms with Gasteiger partial charge in [-0.25, -0.2) is 9.18 Å². The molecule has 0 atom stereocenters. The van der Waals surface area contributed by atoms with Crippen molar-refractivity contribution < 1.29 is 23.5 Å². The fourth-order valence-corrected chi connectivity index (χ4v) is 4.01. The Hall–Kier alpha value is -3.82. The average Bonchev–Trinajstić information content (AvgIpc) is 3.15. The maximum absolute atomic E-state index is 14.2. The number of ether oxygens (including phenoxy) is 1. The van der Waals surface area contributed by atoms with Crippen LogP contribution in [0.4, 0.5) is 9.18 Å². The summed E-state index contributed by atoms with van der Waals surface area (Å²) in [6, 6.07) is 5.52. The summed E-state index contributed by atoms with van der Waals surface area (Å²) in [6.45, 7) is 9.59. The number of aromatic nitrogens is 3. The van der Waals surface area contributed by atoms with Crippen LogP contribution in [0.5, 0.6) is 0 Å². The number of nitrogens with zero attached hydrogens (tertiary/aromatic N) is 5. The second-order valence-electron chi connectivity index (χ2n) is 10.3. The molecule has 1 aliphatic heterocycles. The first-order valence-electron chi connectivity index (χ1n) is 11.8. The lowest BCUT2D eigenvalue weighted by Gasteiger charge is -2.38. The first-order chi connectivity index (χ1) is 16.9. The van der Waals surface area contributed by atoms with Gasteiger partial charge < -0.3 is 14.5 Å². The van der Waals surface area contributed by atoms with Crippen molar-refractivity contribution in [2.24, 2.45) is 5.92 Å². The Labute approximate surface area is 208 Å². The minimum Gasteiger partial charge on any atom is -0.444 e. The third-order valence-electron chi connectivity index (χ3n) is 6.19. The molecule has 0 unspecified atom stereocenters. The Morgan fingerprint density at radius 1 is 1.14 bits per heavy atom. The van der Waals surface area contributed by atoms with E-state index in [4.69, 9.17) is 4.74 Å². The highest BCUT2D eigenvalue weighted by molar-refractivity contribution is 6.10. The lowest BCUT2D eigenvalue weighted by Crippen LogP contribution is -2.54. The highest BCUT2D eigenvalue weighted by Gasteiger charge is 2.39. The van der Waals surface area contributed by atoms with Crippen LogP contribution in [0, 0.1) is 11.7 Å². The van der Waals surface area contributed by atoms with Crippen molar-refractivity contribution in [2.75, 3.05) is 20.1 Å². The van der Waals surface area contributed by atoms with E-state index in [9.17, 15) is 18.8 Å². The number of amides is 2. The van der Waals surface area contributed by atoms with Crippen LogP contribution in [0.2, 0.25) is 0 Å². The molecule has 10 heteroatoms. The number of carbonyl (C=O) groups excluding carboxylic acids is 3. The number of ketones is 1. The Morgan fingerprint density at radius 2 is 1.83 bits per heavy atom. The third-order valence-corrected chi connectivity index (χ3v) is 6.19. The normalized spacial score (nSPS) is 14.2. The molecule has 4 rings (SSSR count). The topological polar surface area (TPSA) is 97.6 Å². The number of halogens is 1. The molecule has 2 amide bonds. The zero-order valence-corrected chi connectivity index (χ0v) is 21.3. The number of Topliss-reactive ketones (excluding diaryl/α,β-unsaturated/α-hetero) is 1. The van der Waals surface area contributed by atoms with Gasteiger partial charge in [-0.15, -0.1) is 5.10 Å². The van der Waals surface area contributed by atoms with Gasteiger partial charge >= 0.3 is 6.09 Å². The molecule has 0 radical (unpaired) electrons. The number of hydrogen-bond acceptors (Lipinski definition) is 6. The van der Waals surface area contributed by atoms with Crippen LogP contribution in [-0.2, 0) is 4.74 Å². The molecule has 0 saturated carbocycles. The SMILES string of the molecule is CC(C)N(C)C(=O)c1cc(F)ccc1-n1cc(C(=O)C2CN(C(=O)OC(C)(C)C)C2)c2ccnnc21. The first kappa shape index (κ1) is 25.3. The monoisotopic (exact) mass is 495 g/mol. The van der Waals surface area contributed by atoms with E-state index in [0.29, 0.717) is 22.3 Å². The maximum Gasteiger partial charge on any atom is 0.410 e. The second kappa shape index (κ2) is 9.33. The fourth-order valence-electron chi connectivity index (χ4n) is 4.01. The number of likely N-dealkylation sites (tertiary alicyclic amines) is 1. The van der Waals surface area contributed by atoms with Crippen LogP contribution in [0.1, 0.15) is 55.3 Å². The minimum atomic E-state index is -0.619. The zero-order chi connectivity index (χ0) is 26.4. The molecule has 3 heterocycles. The summed E-state index contributed by atoms with van der Waals surface area (Å²) in [6.07, 6.45) is 2.64. The van der Waals surface area contributed by atoms with Crippen molar-refractivity contribution in [3.63, 3.8) is 0 Å². The summed E-state index contributed by atoms with van der Waals surface area (Å²) in [7, 11) is 1.65. The van der Waals surface area contributed by atoms with E-state index in [-0.39, 0.29) is 36.4 Å². The summed E-state index contributed by atoms with van der Waals surface area (Å²) >= 11 is 0. The van der Waals surface area contributed by atoms with Gasteiger partial charge in [0.1, 0.15) is 11.4 Å². The van der Waals surface area contributed by atoms with E-state index in [0.717, 1.165) is 0 Å². The number of carbonyl (C=O) groups is 3. The van der Waals surface area contributed by atoms with Crippen LogP contribution in [0.3, 0.4) is 0 Å². The second-order valence-corrected chi connectivity index (χ2v) is 10.3. The number of fused-ring (bicyclic) bond motifs is 1. The molecule has 3 aromatic rings. The predicted molar refractivity (Wildman–Crippen MR) is 132 cm³/mol. The number of benzene rings is 1. The van der Waals surface area contributed by atoms with Crippen LogP contribution >= 0.6 is 0 Å². The highest BCUT2D eigenvalue weighted by atomic mass is 19.1. The van der Waals surface area contributed by atoms with Gasteiger partial charge in [-0.05, 0) is 58.9 Å². The molecule has 36 heavy (non-hydrogen) atoms. The summed E-state index contributed by atoms with van der Waals surface area (Å²) in [5.74, 6) is -1.45. The van der Waals surface area contributed by atoms with Crippen molar-refractivity contribution >= 4 is 28.8 Å². The van der Waals surface area contributed by atoms with Crippen molar-refractivity contribution in [3.05, 3.63) is 53.6 Å². The molecule has 0 bridgehead atoms. The summed E-state index contributed by atoms with van der Waals surface area (Å²) in [4.78, 5) is 41.9. The van der Waals surface area contributed by atoms with Crippen molar-refractivity contribution in [1.29, 1.82) is 0 Å². The Bertz CT molecular complexity index is 1340. The highest BCUT2D eigenvalue weighted by Crippen LogP contribution is 2.30. The van der Waals surface area contributed by atoms with Gasteiger partial charge in [0.05, 0.1) is 23.4 Å². The zero-order valence-electron chi connectivity index (χ0n) is 21.3. The Balaban J connectivity index is 1.69. The molecule has 1 aliphatic rings. The van der Waals surface area contributed by atoms with Gasteiger partial charge in [0.25, 0.3) is 5.91 Å². The molecule has 0 N–H and O–H groups in total. The predicted octanol–water partition coefficient (Wildman–Crippen LogP) is 4.09. The summed E-state index contributed by atoms with van der Waals surface area (Å²) in [5, 5.41) is 8.72. The molecule has 2 aromatic heterocycles. The maximum atomic E-state index is 14.2. The summed E-state index contributed by atoms with van der Waals surface area (Å²) in [5.41, 5.74) is 0.687. The van der Waals surface area contributed by atoms with Crippen molar-refractivity contribution in [1.82, 2.24) is 24.6 Å². The average molecular weight is 496 g/mol.